The predicted molar refractivity (Wildman–Crippen MR) is 55.5 cm³/mol. The van der Waals surface area contributed by atoms with Gasteiger partial charge in [-0.3, -0.25) is 4.79 Å². The summed E-state index contributed by atoms with van der Waals surface area (Å²) < 4.78 is 0.516. The SMILES string of the molecule is CC(=O)c1cc(I)c(O)c(C#N)c1. The molecule has 66 valence electrons. The van der Waals surface area contributed by atoms with Crippen LogP contribution in [0.5, 0.6) is 5.75 Å². The number of hydrogen-bond acceptors (Lipinski definition) is 3. The first-order valence-corrected chi connectivity index (χ1v) is 4.57. The Morgan fingerprint density at radius 1 is 1.62 bits per heavy atom. The second-order valence-corrected chi connectivity index (χ2v) is 3.68. The van der Waals surface area contributed by atoms with Gasteiger partial charge in [-0.05, 0) is 41.6 Å². The van der Waals surface area contributed by atoms with E-state index in [9.17, 15) is 9.90 Å². The lowest BCUT2D eigenvalue weighted by Crippen LogP contribution is -1.94. The molecule has 0 bridgehead atoms. The van der Waals surface area contributed by atoms with E-state index in [1.54, 1.807) is 6.07 Å². The number of phenolic OH excluding ortho intramolecular Hbond substituents is 1. The van der Waals surface area contributed by atoms with E-state index in [2.05, 4.69) is 0 Å². The number of aromatic hydroxyl groups is 1. The lowest BCUT2D eigenvalue weighted by molar-refractivity contribution is 0.101. The first-order valence-electron chi connectivity index (χ1n) is 3.50. The molecule has 1 aromatic carbocycles. The zero-order valence-corrected chi connectivity index (χ0v) is 8.99. The number of phenols is 1. The third-order valence-corrected chi connectivity index (χ3v) is 2.41. The fraction of sp³-hybridized carbons (Fsp3) is 0.111. The number of halogens is 1. The van der Waals surface area contributed by atoms with E-state index in [4.69, 9.17) is 5.26 Å². The molecule has 0 atom stereocenters. The van der Waals surface area contributed by atoms with Gasteiger partial charge in [0.2, 0.25) is 0 Å². The maximum Gasteiger partial charge on any atom is 0.159 e. The molecular weight excluding hydrogens is 281 g/mol. The molecule has 0 heterocycles. The summed E-state index contributed by atoms with van der Waals surface area (Å²) in [5.74, 6) is -0.178. The fourth-order valence-corrected chi connectivity index (χ4v) is 1.51. The maximum atomic E-state index is 11.0. The molecule has 0 aliphatic carbocycles. The van der Waals surface area contributed by atoms with Gasteiger partial charge in [-0.25, -0.2) is 0 Å². The minimum absolute atomic E-state index is 0.0619. The highest BCUT2D eigenvalue weighted by Crippen LogP contribution is 2.25. The number of benzene rings is 1. The minimum Gasteiger partial charge on any atom is -0.505 e. The maximum absolute atomic E-state index is 11.0. The van der Waals surface area contributed by atoms with Crippen molar-refractivity contribution in [2.24, 2.45) is 0 Å². The van der Waals surface area contributed by atoms with Crippen LogP contribution in [0.1, 0.15) is 22.8 Å². The van der Waals surface area contributed by atoms with Crippen LogP contribution >= 0.6 is 22.6 Å². The van der Waals surface area contributed by atoms with Crippen molar-refractivity contribution in [3.8, 4) is 11.8 Å². The Morgan fingerprint density at radius 2 is 2.23 bits per heavy atom. The molecule has 0 fully saturated rings. The topological polar surface area (TPSA) is 61.1 Å². The van der Waals surface area contributed by atoms with Crippen molar-refractivity contribution < 1.29 is 9.90 Å². The lowest BCUT2D eigenvalue weighted by Gasteiger charge is -2.01. The lowest BCUT2D eigenvalue weighted by atomic mass is 10.1. The van der Waals surface area contributed by atoms with Crippen LogP contribution in [0.25, 0.3) is 0 Å². The number of carbonyl (C=O) groups excluding carboxylic acids is 1. The van der Waals surface area contributed by atoms with Gasteiger partial charge in [0, 0.05) is 5.56 Å². The zero-order chi connectivity index (χ0) is 10.0. The molecule has 4 heteroatoms. The molecule has 0 spiro atoms. The molecule has 1 aromatic rings. The smallest absolute Gasteiger partial charge is 0.159 e. The summed E-state index contributed by atoms with van der Waals surface area (Å²) in [6.45, 7) is 1.42. The Morgan fingerprint density at radius 3 is 2.69 bits per heavy atom. The molecule has 0 saturated heterocycles. The van der Waals surface area contributed by atoms with Crippen LogP contribution in [0, 0.1) is 14.9 Å². The molecule has 1 rings (SSSR count). The number of ketones is 1. The van der Waals surface area contributed by atoms with Gasteiger partial charge in [0.05, 0.1) is 9.13 Å². The molecule has 3 nitrogen and oxygen atoms in total. The normalized spacial score (nSPS) is 9.31. The first kappa shape index (κ1) is 9.99. The van der Waals surface area contributed by atoms with Crippen molar-refractivity contribution in [3.63, 3.8) is 0 Å². The summed E-state index contributed by atoms with van der Waals surface area (Å²) in [5.41, 5.74) is 0.579. The molecule has 1 N–H and O–H groups in total. The highest BCUT2D eigenvalue weighted by atomic mass is 127. The summed E-state index contributed by atoms with van der Waals surface area (Å²) in [6.07, 6.45) is 0. The molecular formula is C9H6INO2. The van der Waals surface area contributed by atoms with Gasteiger partial charge in [-0.15, -0.1) is 0 Å². The molecule has 0 amide bonds. The molecule has 0 radical (unpaired) electrons. The van der Waals surface area contributed by atoms with Crippen molar-refractivity contribution >= 4 is 28.4 Å². The van der Waals surface area contributed by atoms with Gasteiger partial charge in [-0.2, -0.15) is 5.26 Å². The predicted octanol–water partition coefficient (Wildman–Crippen LogP) is 2.07. The standard InChI is InChI=1S/C9H6INO2/c1-5(12)6-2-7(4-11)9(13)8(10)3-6/h2-3,13H,1H3. The summed E-state index contributed by atoms with van der Waals surface area (Å²) in [6, 6.07) is 4.77. The summed E-state index contributed by atoms with van der Waals surface area (Å²) in [5, 5.41) is 18.0. The fourth-order valence-electron chi connectivity index (χ4n) is 0.888. The largest absolute Gasteiger partial charge is 0.505 e. The van der Waals surface area contributed by atoms with Crippen molar-refractivity contribution in [3.05, 3.63) is 26.8 Å². The van der Waals surface area contributed by atoms with E-state index in [0.29, 0.717) is 9.13 Å². The summed E-state index contributed by atoms with van der Waals surface area (Å²) in [7, 11) is 0. The van der Waals surface area contributed by atoms with Crippen LogP contribution < -0.4 is 0 Å². The highest BCUT2D eigenvalue weighted by molar-refractivity contribution is 14.1. The second-order valence-electron chi connectivity index (χ2n) is 2.52. The first-order chi connectivity index (χ1) is 6.06. The van der Waals surface area contributed by atoms with Crippen LogP contribution in [-0.2, 0) is 0 Å². The van der Waals surface area contributed by atoms with E-state index in [1.165, 1.54) is 13.0 Å². The van der Waals surface area contributed by atoms with Gasteiger partial charge in [-0.1, -0.05) is 0 Å². The van der Waals surface area contributed by atoms with Crippen LogP contribution in [0.15, 0.2) is 12.1 Å². The van der Waals surface area contributed by atoms with Gasteiger partial charge in [0.1, 0.15) is 11.8 Å². The van der Waals surface area contributed by atoms with E-state index >= 15 is 0 Å². The van der Waals surface area contributed by atoms with Crippen LogP contribution in [0.4, 0.5) is 0 Å². The van der Waals surface area contributed by atoms with Gasteiger partial charge in [0.25, 0.3) is 0 Å². The Hall–Kier alpha value is -1.09. The van der Waals surface area contributed by atoms with Gasteiger partial charge < -0.3 is 5.11 Å². The van der Waals surface area contributed by atoms with Crippen molar-refractivity contribution in [2.75, 3.05) is 0 Å². The monoisotopic (exact) mass is 287 g/mol. The van der Waals surface area contributed by atoms with E-state index in [1.807, 2.05) is 28.7 Å². The van der Waals surface area contributed by atoms with Crippen LogP contribution in [0.2, 0.25) is 0 Å². The van der Waals surface area contributed by atoms with Crippen molar-refractivity contribution in [1.29, 1.82) is 5.26 Å². The minimum atomic E-state index is -0.116. The third-order valence-electron chi connectivity index (χ3n) is 1.59. The average molecular weight is 287 g/mol. The third kappa shape index (κ3) is 1.98. The van der Waals surface area contributed by atoms with Crippen molar-refractivity contribution in [1.82, 2.24) is 0 Å². The highest BCUT2D eigenvalue weighted by Gasteiger charge is 2.09. The Balaban J connectivity index is 3.41. The summed E-state index contributed by atoms with van der Waals surface area (Å²) in [4.78, 5) is 11.0. The number of hydrogen-bond donors (Lipinski definition) is 1. The van der Waals surface area contributed by atoms with Crippen molar-refractivity contribution in [2.45, 2.75) is 6.92 Å². The number of rotatable bonds is 1. The van der Waals surface area contributed by atoms with E-state index < -0.39 is 0 Å². The molecule has 0 aliphatic heterocycles. The van der Waals surface area contributed by atoms with E-state index in [0.717, 1.165) is 0 Å². The number of Topliss-reactive ketones (excluding diaryl/α,β-unsaturated/α-hetero) is 1. The van der Waals surface area contributed by atoms with Crippen LogP contribution in [0.3, 0.4) is 0 Å². The molecule has 0 saturated carbocycles. The Bertz CT molecular complexity index is 407. The average Bonchev–Trinajstić information content (AvgIpc) is 2.09. The molecule has 13 heavy (non-hydrogen) atoms. The Labute approximate surface area is 89.1 Å². The zero-order valence-electron chi connectivity index (χ0n) is 6.84. The van der Waals surface area contributed by atoms with Crippen LogP contribution in [-0.4, -0.2) is 10.9 Å². The number of nitrogens with zero attached hydrogens (tertiary/aromatic N) is 1. The second kappa shape index (κ2) is 3.75. The number of carbonyl (C=O) groups is 1. The molecule has 0 aliphatic rings. The number of nitriles is 1. The quantitative estimate of drug-likeness (QED) is 0.635. The molecule has 0 aromatic heterocycles. The Kier molecular flexibility index (Phi) is 2.88. The van der Waals surface area contributed by atoms with Gasteiger partial charge in [0.15, 0.2) is 5.78 Å². The summed E-state index contributed by atoms with van der Waals surface area (Å²) >= 11 is 1.88. The molecule has 0 unspecified atom stereocenters. The van der Waals surface area contributed by atoms with E-state index in [-0.39, 0.29) is 17.1 Å². The van der Waals surface area contributed by atoms with Gasteiger partial charge >= 0.3 is 0 Å².